The Morgan fingerprint density at radius 1 is 1.44 bits per heavy atom. The van der Waals surface area contributed by atoms with E-state index in [1.807, 2.05) is 13.0 Å². The first-order valence-electron chi connectivity index (χ1n) is 5.62. The second kappa shape index (κ2) is 4.91. The van der Waals surface area contributed by atoms with Gasteiger partial charge in [-0.3, -0.25) is 4.79 Å². The van der Waals surface area contributed by atoms with Crippen LogP contribution in [-0.4, -0.2) is 26.0 Å². The van der Waals surface area contributed by atoms with Crippen LogP contribution in [0.2, 0.25) is 0 Å². The molecule has 2 rings (SSSR count). The van der Waals surface area contributed by atoms with E-state index in [-0.39, 0.29) is 12.2 Å². The smallest absolute Gasteiger partial charge is 0.303 e. The van der Waals surface area contributed by atoms with Crippen molar-refractivity contribution in [1.29, 1.82) is 0 Å². The highest BCUT2D eigenvalue weighted by Crippen LogP contribution is 2.18. The zero-order valence-corrected chi connectivity index (χ0v) is 10.00. The largest absolute Gasteiger partial charge is 0.508 e. The monoisotopic (exact) mass is 246 g/mol. The van der Waals surface area contributed by atoms with Crippen molar-refractivity contribution in [3.63, 3.8) is 0 Å². The molecule has 0 aliphatic heterocycles. The molecule has 1 heterocycles. The Balaban J connectivity index is 2.28. The highest BCUT2D eigenvalue weighted by Gasteiger charge is 2.09. The topological polar surface area (TPSA) is 75.3 Å². The molecule has 5 nitrogen and oxygen atoms in total. The quantitative estimate of drug-likeness (QED) is 0.864. The van der Waals surface area contributed by atoms with Crippen molar-refractivity contribution in [1.82, 2.24) is 9.78 Å². The van der Waals surface area contributed by atoms with Crippen molar-refractivity contribution in [3.8, 4) is 11.4 Å². The minimum Gasteiger partial charge on any atom is -0.508 e. The summed E-state index contributed by atoms with van der Waals surface area (Å²) in [6, 6.07) is 6.78. The molecular weight excluding hydrogens is 232 g/mol. The van der Waals surface area contributed by atoms with Gasteiger partial charge in [0.05, 0.1) is 11.9 Å². The van der Waals surface area contributed by atoms with Gasteiger partial charge in [0.25, 0.3) is 0 Å². The van der Waals surface area contributed by atoms with Crippen LogP contribution in [0.4, 0.5) is 0 Å². The number of benzene rings is 1. The molecule has 0 atom stereocenters. The van der Waals surface area contributed by atoms with Gasteiger partial charge in [-0.15, -0.1) is 0 Å². The second-order valence-electron chi connectivity index (χ2n) is 4.08. The lowest BCUT2D eigenvalue weighted by Gasteiger charge is -2.05. The van der Waals surface area contributed by atoms with Crippen LogP contribution in [0.25, 0.3) is 5.69 Å². The van der Waals surface area contributed by atoms with Crippen LogP contribution in [0, 0.1) is 6.92 Å². The number of carbonyl (C=O) groups is 1. The molecule has 2 N–H and O–H groups in total. The second-order valence-corrected chi connectivity index (χ2v) is 4.08. The molecule has 5 heteroatoms. The van der Waals surface area contributed by atoms with Crippen molar-refractivity contribution < 1.29 is 15.0 Å². The fraction of sp³-hybridized carbons (Fsp3) is 0.231. The number of phenolic OH excluding ortho intramolecular Hbond substituents is 1. The van der Waals surface area contributed by atoms with Gasteiger partial charge in [-0.1, -0.05) is 6.07 Å². The molecule has 2 aromatic rings. The first kappa shape index (κ1) is 12.2. The minimum atomic E-state index is -0.820. The Hall–Kier alpha value is -2.30. The SMILES string of the molecule is Cc1c(CCC(=O)O)cnn1-c1cccc(O)c1. The molecule has 0 amide bonds. The Morgan fingerprint density at radius 3 is 2.89 bits per heavy atom. The van der Waals surface area contributed by atoms with Crippen molar-refractivity contribution in [2.24, 2.45) is 0 Å². The van der Waals surface area contributed by atoms with Crippen LogP contribution >= 0.6 is 0 Å². The molecule has 0 fully saturated rings. The van der Waals surface area contributed by atoms with Gasteiger partial charge in [0.1, 0.15) is 5.75 Å². The third kappa shape index (κ3) is 2.51. The number of phenols is 1. The molecule has 0 aliphatic rings. The van der Waals surface area contributed by atoms with E-state index in [2.05, 4.69) is 5.10 Å². The number of nitrogens with zero attached hydrogens (tertiary/aromatic N) is 2. The maximum absolute atomic E-state index is 10.5. The predicted molar refractivity (Wildman–Crippen MR) is 65.9 cm³/mol. The zero-order chi connectivity index (χ0) is 13.1. The summed E-state index contributed by atoms with van der Waals surface area (Å²) in [7, 11) is 0. The number of aromatic hydroxyl groups is 1. The number of rotatable bonds is 4. The van der Waals surface area contributed by atoms with E-state index < -0.39 is 5.97 Å². The third-order valence-electron chi connectivity index (χ3n) is 2.79. The molecule has 0 spiro atoms. The number of hydrogen-bond donors (Lipinski definition) is 2. The molecule has 1 aromatic heterocycles. The number of carboxylic acid groups (broad SMARTS) is 1. The first-order chi connectivity index (χ1) is 8.58. The summed E-state index contributed by atoms with van der Waals surface area (Å²) in [4.78, 5) is 10.5. The maximum atomic E-state index is 10.5. The van der Waals surface area contributed by atoms with E-state index >= 15 is 0 Å². The van der Waals surface area contributed by atoms with Gasteiger partial charge in [0, 0.05) is 18.2 Å². The molecule has 0 aliphatic carbocycles. The zero-order valence-electron chi connectivity index (χ0n) is 10.00. The molecule has 0 saturated heterocycles. The van der Waals surface area contributed by atoms with Crippen LogP contribution in [0.5, 0.6) is 5.75 Å². The number of aromatic nitrogens is 2. The molecule has 18 heavy (non-hydrogen) atoms. The van der Waals surface area contributed by atoms with Crippen LogP contribution in [-0.2, 0) is 11.2 Å². The average molecular weight is 246 g/mol. The Bertz CT molecular complexity index is 575. The van der Waals surface area contributed by atoms with Gasteiger partial charge in [-0.05, 0) is 31.0 Å². The van der Waals surface area contributed by atoms with E-state index in [1.54, 1.807) is 29.1 Å². The van der Waals surface area contributed by atoms with Gasteiger partial charge in [0.15, 0.2) is 0 Å². The number of aryl methyl sites for hydroxylation is 1. The summed E-state index contributed by atoms with van der Waals surface area (Å²) < 4.78 is 1.69. The third-order valence-corrected chi connectivity index (χ3v) is 2.79. The molecular formula is C13H14N2O3. The van der Waals surface area contributed by atoms with Crippen molar-refractivity contribution >= 4 is 5.97 Å². The maximum Gasteiger partial charge on any atom is 0.303 e. The molecule has 0 unspecified atom stereocenters. The summed E-state index contributed by atoms with van der Waals surface area (Å²) in [5, 5.41) is 22.3. The number of aliphatic carboxylic acids is 1. The molecule has 1 aromatic carbocycles. The Labute approximate surface area is 104 Å². The highest BCUT2D eigenvalue weighted by atomic mass is 16.4. The van der Waals surface area contributed by atoms with Gasteiger partial charge >= 0.3 is 5.97 Å². The summed E-state index contributed by atoms with van der Waals surface area (Å²) in [6.45, 7) is 1.88. The Morgan fingerprint density at radius 2 is 2.22 bits per heavy atom. The van der Waals surface area contributed by atoms with Crippen molar-refractivity contribution in [2.75, 3.05) is 0 Å². The first-order valence-corrected chi connectivity index (χ1v) is 5.62. The standard InChI is InChI=1S/C13H14N2O3/c1-9-10(5-6-13(17)18)8-14-15(9)11-3-2-4-12(16)7-11/h2-4,7-8,16H,5-6H2,1H3,(H,17,18). The molecule has 0 radical (unpaired) electrons. The average Bonchev–Trinajstić information content (AvgIpc) is 2.68. The van der Waals surface area contributed by atoms with E-state index in [9.17, 15) is 9.90 Å². The van der Waals surface area contributed by atoms with Crippen LogP contribution in [0.15, 0.2) is 30.5 Å². The van der Waals surface area contributed by atoms with Crippen LogP contribution in [0.3, 0.4) is 0 Å². The molecule has 0 saturated carbocycles. The molecule has 0 bridgehead atoms. The lowest BCUT2D eigenvalue weighted by atomic mass is 10.1. The fourth-order valence-electron chi connectivity index (χ4n) is 1.82. The highest BCUT2D eigenvalue weighted by molar-refractivity contribution is 5.67. The van der Waals surface area contributed by atoms with E-state index in [1.165, 1.54) is 0 Å². The fourth-order valence-corrected chi connectivity index (χ4v) is 1.82. The lowest BCUT2D eigenvalue weighted by Crippen LogP contribution is -2.01. The lowest BCUT2D eigenvalue weighted by molar-refractivity contribution is -0.136. The van der Waals surface area contributed by atoms with E-state index in [0.29, 0.717) is 6.42 Å². The minimum absolute atomic E-state index is 0.0899. The van der Waals surface area contributed by atoms with Crippen molar-refractivity contribution in [3.05, 3.63) is 41.7 Å². The molecule has 94 valence electrons. The summed E-state index contributed by atoms with van der Waals surface area (Å²) in [5.74, 6) is -0.644. The number of hydrogen-bond acceptors (Lipinski definition) is 3. The summed E-state index contributed by atoms with van der Waals surface area (Å²) in [5.41, 5.74) is 2.55. The van der Waals surface area contributed by atoms with Crippen LogP contribution < -0.4 is 0 Å². The van der Waals surface area contributed by atoms with Gasteiger partial charge in [0.2, 0.25) is 0 Å². The van der Waals surface area contributed by atoms with Crippen molar-refractivity contribution in [2.45, 2.75) is 19.8 Å². The summed E-state index contributed by atoms with van der Waals surface area (Å²) >= 11 is 0. The van der Waals surface area contributed by atoms with Gasteiger partial charge < -0.3 is 10.2 Å². The number of carboxylic acids is 1. The van der Waals surface area contributed by atoms with Crippen LogP contribution in [0.1, 0.15) is 17.7 Å². The van der Waals surface area contributed by atoms with E-state index in [4.69, 9.17) is 5.11 Å². The van der Waals surface area contributed by atoms with Gasteiger partial charge in [-0.25, -0.2) is 4.68 Å². The normalized spacial score (nSPS) is 10.5. The van der Waals surface area contributed by atoms with E-state index in [0.717, 1.165) is 16.9 Å². The Kier molecular flexibility index (Phi) is 3.32. The summed E-state index contributed by atoms with van der Waals surface area (Å²) in [6.07, 6.45) is 2.22. The predicted octanol–water partition coefficient (Wildman–Crippen LogP) is 1.90. The van der Waals surface area contributed by atoms with Gasteiger partial charge in [-0.2, -0.15) is 5.10 Å².